The average molecular weight is 321 g/mol. The van der Waals surface area contributed by atoms with Gasteiger partial charge in [0.05, 0.1) is 0 Å². The van der Waals surface area contributed by atoms with E-state index in [1.807, 2.05) is 0 Å². The van der Waals surface area contributed by atoms with Gasteiger partial charge in [0.25, 0.3) is 0 Å². The maximum atomic E-state index is 2.07. The van der Waals surface area contributed by atoms with Crippen molar-refractivity contribution in [3.63, 3.8) is 0 Å². The lowest BCUT2D eigenvalue weighted by atomic mass is 9.06. The van der Waals surface area contributed by atoms with Crippen LogP contribution in [0.1, 0.15) is 103 Å². The van der Waals surface area contributed by atoms with Crippen molar-refractivity contribution >= 4 is 0 Å². The molecule has 128 valence electrons. The van der Waals surface area contributed by atoms with Crippen molar-refractivity contribution in [2.24, 2.45) is 21.7 Å². The van der Waals surface area contributed by atoms with E-state index in [0.717, 1.165) is 0 Å². The molecular weight excluding hydrogens is 288 g/mol. The van der Waals surface area contributed by atoms with Crippen LogP contribution in [0, 0.1) is 21.7 Å². The van der Waals surface area contributed by atoms with Gasteiger partial charge in [-0.1, -0.05) is 48.0 Å². The van der Waals surface area contributed by atoms with Gasteiger partial charge in [-0.25, -0.2) is 0 Å². The van der Waals surface area contributed by atoms with Crippen LogP contribution in [-0.4, -0.2) is 0 Å². The molecule has 0 aromatic carbocycles. The molecule has 7 aliphatic carbocycles. The molecule has 0 heterocycles. The minimum absolute atomic E-state index is 0.713. The monoisotopic (exact) mass is 320 g/mol. The fourth-order valence-electron chi connectivity index (χ4n) is 10.9. The molecule has 0 saturated heterocycles. The molecule has 0 aromatic heterocycles. The molecule has 0 bridgehead atoms. The second-order valence-electron chi connectivity index (χ2n) is 10.4. The third-order valence-electron chi connectivity index (χ3n) is 10.6. The van der Waals surface area contributed by atoms with Gasteiger partial charge in [0.2, 0.25) is 0 Å². The smallest absolute Gasteiger partial charge is 0.0120 e. The van der Waals surface area contributed by atoms with Crippen molar-refractivity contribution in [3.8, 4) is 0 Å². The molecule has 0 heteroatoms. The zero-order valence-corrected chi connectivity index (χ0v) is 15.3. The summed E-state index contributed by atoms with van der Waals surface area (Å²) in [6.45, 7) is 0. The molecule has 0 aliphatic heterocycles. The summed E-state index contributed by atoms with van der Waals surface area (Å²) in [4.78, 5) is 0. The van der Waals surface area contributed by atoms with Crippen molar-refractivity contribution in [1.29, 1.82) is 0 Å². The Morgan fingerprint density at radius 2 is 0.583 bits per heavy atom. The summed E-state index contributed by atoms with van der Waals surface area (Å²) in [6.07, 6.45) is 24.5. The van der Waals surface area contributed by atoms with Gasteiger partial charge in [0, 0.05) is 21.7 Å². The van der Waals surface area contributed by atoms with E-state index in [9.17, 15) is 0 Å². The van der Waals surface area contributed by atoms with Crippen molar-refractivity contribution < 1.29 is 0 Å². The minimum Gasteiger partial charge on any atom is -0.0624 e. The lowest BCUT2D eigenvalue weighted by Gasteiger charge is -2.96. The Kier molecular flexibility index (Phi) is 2.23. The molecule has 7 rings (SSSR count). The molecule has 4 fully saturated rings. The van der Waals surface area contributed by atoms with Gasteiger partial charge < -0.3 is 0 Å². The van der Waals surface area contributed by atoms with Gasteiger partial charge in [-0.15, -0.1) is 0 Å². The summed E-state index contributed by atoms with van der Waals surface area (Å²) in [5.41, 5.74) is 11.1. The third-order valence-corrected chi connectivity index (χ3v) is 10.6. The molecular formula is C24H32. The fourth-order valence-corrected chi connectivity index (χ4v) is 10.9. The van der Waals surface area contributed by atoms with E-state index < -0.39 is 0 Å². The van der Waals surface area contributed by atoms with Gasteiger partial charge in [0.1, 0.15) is 0 Å². The highest BCUT2D eigenvalue weighted by Gasteiger charge is 2.95. The molecule has 0 nitrogen and oxygen atoms in total. The molecule has 4 saturated carbocycles. The molecule has 0 aromatic rings. The van der Waals surface area contributed by atoms with Crippen LogP contribution in [0.3, 0.4) is 0 Å². The number of hydrogen-bond acceptors (Lipinski definition) is 0. The van der Waals surface area contributed by atoms with Crippen molar-refractivity contribution in [2.45, 2.75) is 103 Å². The standard InChI is InChI=1S/C24H32/c1-2-10-18-17(9-1)23-15-7-8-16-24(18,23)22-14-6-4-12-20(22)19-11-3-5-13-21(19,22)23/h1-16H2. The predicted octanol–water partition coefficient (Wildman–Crippen LogP) is 6.86. The first-order valence-electron chi connectivity index (χ1n) is 11.3. The van der Waals surface area contributed by atoms with E-state index in [1.54, 1.807) is 51.4 Å². The van der Waals surface area contributed by atoms with Crippen LogP contribution in [0.2, 0.25) is 0 Å². The Bertz CT molecular complexity index is 608. The maximum absolute atomic E-state index is 2.07. The van der Waals surface area contributed by atoms with E-state index in [4.69, 9.17) is 0 Å². The van der Waals surface area contributed by atoms with Crippen LogP contribution in [0.4, 0.5) is 0 Å². The zero-order chi connectivity index (χ0) is 15.6. The van der Waals surface area contributed by atoms with Crippen LogP contribution in [-0.2, 0) is 0 Å². The average Bonchev–Trinajstić information content (AvgIpc) is 2.64. The number of allylic oxidation sites excluding steroid dienone is 4. The number of hydrogen-bond donors (Lipinski definition) is 0. The summed E-state index contributed by atoms with van der Waals surface area (Å²) in [5, 5.41) is 0. The van der Waals surface area contributed by atoms with Gasteiger partial charge in [-0.3, -0.25) is 0 Å². The second kappa shape index (κ2) is 3.91. The fraction of sp³-hybridized carbons (Fsp3) is 0.833. The van der Waals surface area contributed by atoms with Gasteiger partial charge in [-0.2, -0.15) is 0 Å². The number of rotatable bonds is 0. The second-order valence-corrected chi connectivity index (χ2v) is 10.4. The first-order valence-corrected chi connectivity index (χ1v) is 11.3. The van der Waals surface area contributed by atoms with Crippen LogP contribution >= 0.6 is 0 Å². The molecule has 7 aliphatic rings. The van der Waals surface area contributed by atoms with Crippen LogP contribution in [0.15, 0.2) is 22.3 Å². The van der Waals surface area contributed by atoms with Crippen LogP contribution in [0.25, 0.3) is 0 Å². The summed E-state index contributed by atoms with van der Waals surface area (Å²) in [5.74, 6) is 0. The van der Waals surface area contributed by atoms with E-state index >= 15 is 0 Å². The quantitative estimate of drug-likeness (QED) is 0.428. The first-order chi connectivity index (χ1) is 11.9. The van der Waals surface area contributed by atoms with Crippen molar-refractivity contribution in [3.05, 3.63) is 22.3 Å². The van der Waals surface area contributed by atoms with E-state index in [1.165, 1.54) is 51.4 Å². The van der Waals surface area contributed by atoms with E-state index in [0.29, 0.717) is 21.7 Å². The Balaban J connectivity index is 1.55. The summed E-state index contributed by atoms with van der Waals surface area (Å²) in [7, 11) is 0. The third kappa shape index (κ3) is 0.910. The van der Waals surface area contributed by atoms with Crippen LogP contribution in [0.5, 0.6) is 0 Å². The highest BCUT2D eigenvalue weighted by Crippen LogP contribution is 3.02. The topological polar surface area (TPSA) is 0 Å². The normalized spacial score (nSPS) is 54.0. The summed E-state index contributed by atoms with van der Waals surface area (Å²) in [6, 6.07) is 0. The van der Waals surface area contributed by atoms with Gasteiger partial charge >= 0.3 is 0 Å². The molecule has 0 radical (unpaired) electrons. The molecule has 0 amide bonds. The largest absolute Gasteiger partial charge is 0.0624 e. The first kappa shape index (κ1) is 13.7. The van der Waals surface area contributed by atoms with E-state index in [-0.39, 0.29) is 0 Å². The molecule has 0 unspecified atom stereocenters. The molecule has 24 heavy (non-hydrogen) atoms. The SMILES string of the molecule is C1CCC23C(=C4CCCCC42C24CCCCC32C2=C4CCCC2)C1. The predicted molar refractivity (Wildman–Crippen MR) is 97.7 cm³/mol. The van der Waals surface area contributed by atoms with Crippen molar-refractivity contribution in [2.75, 3.05) is 0 Å². The maximum Gasteiger partial charge on any atom is 0.0120 e. The Hall–Kier alpha value is -0.520. The lowest BCUT2D eigenvalue weighted by molar-refractivity contribution is -0.356. The molecule has 0 atom stereocenters. The van der Waals surface area contributed by atoms with Gasteiger partial charge in [0.15, 0.2) is 0 Å². The molecule has 0 N–H and O–H groups in total. The van der Waals surface area contributed by atoms with Crippen LogP contribution < -0.4 is 0 Å². The Morgan fingerprint density at radius 3 is 0.917 bits per heavy atom. The summed E-state index contributed by atoms with van der Waals surface area (Å²) >= 11 is 0. The summed E-state index contributed by atoms with van der Waals surface area (Å²) < 4.78 is 0. The minimum atomic E-state index is 0.713. The van der Waals surface area contributed by atoms with Crippen molar-refractivity contribution in [1.82, 2.24) is 0 Å². The zero-order valence-electron chi connectivity index (χ0n) is 15.3. The Labute approximate surface area is 147 Å². The lowest BCUT2D eigenvalue weighted by Crippen LogP contribution is -2.90. The highest BCUT2D eigenvalue weighted by molar-refractivity contribution is 5.71. The van der Waals surface area contributed by atoms with E-state index in [2.05, 4.69) is 22.3 Å². The highest BCUT2D eigenvalue weighted by atomic mass is 15.0. The Morgan fingerprint density at radius 1 is 0.333 bits per heavy atom. The molecule has 2 spiro atoms. The van der Waals surface area contributed by atoms with Gasteiger partial charge in [-0.05, 0) is 77.0 Å².